The third-order valence-electron chi connectivity index (χ3n) is 6.76. The minimum Gasteiger partial charge on any atom is -0.405 e. The largest absolute Gasteiger partial charge is 0.521 e. The first-order valence-corrected chi connectivity index (χ1v) is 12.9. The standard InChI is InChI=1S/C24H42BN2O3P/c1-18(2)20-12-10-13-21(19(3)4)22(20)26(31-29-16-17-30-31)25(28-9)27-23(5,6)14-11-15-24(27,7)8/h10,12-13,18-19H,11,14-17H2,1-9H3. The fourth-order valence-corrected chi connectivity index (χ4v) is 6.91. The highest BCUT2D eigenvalue weighted by Crippen LogP contribution is 2.55. The molecule has 2 fully saturated rings. The van der Waals surface area contributed by atoms with Crippen molar-refractivity contribution in [3.63, 3.8) is 0 Å². The number of para-hydroxylation sites is 1. The van der Waals surface area contributed by atoms with Gasteiger partial charge in [0.25, 0.3) is 8.53 Å². The second kappa shape index (κ2) is 9.69. The molecule has 174 valence electrons. The lowest BCUT2D eigenvalue weighted by Crippen LogP contribution is -2.69. The van der Waals surface area contributed by atoms with Crippen LogP contribution in [0.1, 0.15) is 97.6 Å². The molecule has 0 saturated carbocycles. The van der Waals surface area contributed by atoms with Crippen LogP contribution in [0.2, 0.25) is 0 Å². The van der Waals surface area contributed by atoms with E-state index in [1.165, 1.54) is 23.2 Å². The van der Waals surface area contributed by atoms with E-state index in [1.54, 1.807) is 0 Å². The summed E-state index contributed by atoms with van der Waals surface area (Å²) in [5, 5.41) is 0. The van der Waals surface area contributed by atoms with E-state index in [1.807, 2.05) is 7.11 Å². The molecule has 3 rings (SSSR count). The molecule has 2 heterocycles. The van der Waals surface area contributed by atoms with Crippen LogP contribution >= 0.6 is 8.53 Å². The zero-order valence-corrected chi connectivity index (χ0v) is 22.0. The Morgan fingerprint density at radius 1 is 0.968 bits per heavy atom. The van der Waals surface area contributed by atoms with Gasteiger partial charge in [0.15, 0.2) is 0 Å². The summed E-state index contributed by atoms with van der Waals surface area (Å²) in [4.78, 5) is 2.57. The lowest BCUT2D eigenvalue weighted by atomic mass is 9.71. The van der Waals surface area contributed by atoms with E-state index < -0.39 is 8.53 Å². The summed E-state index contributed by atoms with van der Waals surface area (Å²) < 4.78 is 21.1. The second-order valence-corrected chi connectivity index (χ2v) is 12.2. The summed E-state index contributed by atoms with van der Waals surface area (Å²) in [5.74, 6) is 0.766. The van der Waals surface area contributed by atoms with Gasteiger partial charge in [-0.2, -0.15) is 0 Å². The Balaban J connectivity index is 2.23. The van der Waals surface area contributed by atoms with Gasteiger partial charge in [0, 0.05) is 23.9 Å². The van der Waals surface area contributed by atoms with Crippen LogP contribution in [0, 0.1) is 0 Å². The van der Waals surface area contributed by atoms with Crippen LogP contribution in [0.3, 0.4) is 0 Å². The fourth-order valence-electron chi connectivity index (χ4n) is 5.37. The van der Waals surface area contributed by atoms with Crippen LogP contribution < -0.4 is 4.58 Å². The zero-order valence-electron chi connectivity index (χ0n) is 21.1. The highest BCUT2D eigenvalue weighted by molar-refractivity contribution is 7.52. The molecule has 5 nitrogen and oxygen atoms in total. The number of piperidine rings is 1. The number of rotatable bonds is 7. The summed E-state index contributed by atoms with van der Waals surface area (Å²) in [6.07, 6.45) is 3.52. The molecule has 0 radical (unpaired) electrons. The summed E-state index contributed by atoms with van der Waals surface area (Å²) in [6, 6.07) is 6.69. The third kappa shape index (κ3) is 4.99. The Bertz CT molecular complexity index is 708. The summed E-state index contributed by atoms with van der Waals surface area (Å²) in [7, 11) is 0.306. The lowest BCUT2D eigenvalue weighted by molar-refractivity contribution is 0.0317. The molecular weight excluding hydrogens is 406 g/mol. The van der Waals surface area contributed by atoms with E-state index in [2.05, 4.69) is 83.0 Å². The fraction of sp³-hybridized carbons (Fsp3) is 0.750. The Kier molecular flexibility index (Phi) is 7.81. The molecule has 7 heteroatoms. The van der Waals surface area contributed by atoms with Crippen LogP contribution in [0.5, 0.6) is 0 Å². The number of nitrogens with zero attached hydrogens (tertiary/aromatic N) is 2. The van der Waals surface area contributed by atoms with Gasteiger partial charge in [-0.15, -0.1) is 0 Å². The van der Waals surface area contributed by atoms with E-state index in [-0.39, 0.29) is 18.3 Å². The Labute approximate surface area is 191 Å². The molecule has 0 aromatic heterocycles. The van der Waals surface area contributed by atoms with Gasteiger partial charge < -0.3 is 18.3 Å². The van der Waals surface area contributed by atoms with E-state index in [9.17, 15) is 0 Å². The van der Waals surface area contributed by atoms with E-state index in [0.717, 1.165) is 12.8 Å². The van der Waals surface area contributed by atoms with Gasteiger partial charge in [0.2, 0.25) is 0 Å². The Hall–Kier alpha value is -0.645. The quantitative estimate of drug-likeness (QED) is 0.343. The highest BCUT2D eigenvalue weighted by atomic mass is 31.2. The van der Waals surface area contributed by atoms with Gasteiger partial charge in [-0.05, 0) is 69.9 Å². The van der Waals surface area contributed by atoms with Crippen molar-refractivity contribution in [2.45, 2.75) is 97.6 Å². The van der Waals surface area contributed by atoms with Crippen LogP contribution in [0.4, 0.5) is 5.69 Å². The minimum absolute atomic E-state index is 0.000499. The van der Waals surface area contributed by atoms with Crippen molar-refractivity contribution in [3.05, 3.63) is 29.3 Å². The van der Waals surface area contributed by atoms with Crippen LogP contribution in [0.25, 0.3) is 0 Å². The summed E-state index contributed by atoms with van der Waals surface area (Å²) >= 11 is 0. The van der Waals surface area contributed by atoms with Gasteiger partial charge in [-0.25, -0.2) is 0 Å². The monoisotopic (exact) mass is 448 g/mol. The highest BCUT2D eigenvalue weighted by Gasteiger charge is 2.53. The van der Waals surface area contributed by atoms with Crippen molar-refractivity contribution in [1.82, 2.24) is 4.81 Å². The maximum atomic E-state index is 6.37. The molecule has 0 amide bonds. The Morgan fingerprint density at radius 2 is 1.45 bits per heavy atom. The molecule has 2 aliphatic heterocycles. The van der Waals surface area contributed by atoms with Gasteiger partial charge in [-0.1, -0.05) is 45.9 Å². The first-order chi connectivity index (χ1) is 14.5. The molecule has 0 unspecified atom stereocenters. The zero-order chi connectivity index (χ0) is 23.0. The smallest absolute Gasteiger partial charge is 0.405 e. The van der Waals surface area contributed by atoms with E-state index in [0.29, 0.717) is 25.0 Å². The van der Waals surface area contributed by atoms with Crippen LogP contribution in [0.15, 0.2) is 18.2 Å². The van der Waals surface area contributed by atoms with Crippen LogP contribution in [-0.2, 0) is 13.7 Å². The van der Waals surface area contributed by atoms with Crippen molar-refractivity contribution in [2.75, 3.05) is 24.9 Å². The van der Waals surface area contributed by atoms with Crippen molar-refractivity contribution in [3.8, 4) is 0 Å². The number of benzene rings is 1. The first kappa shape index (κ1) is 25.0. The molecule has 1 aromatic carbocycles. The van der Waals surface area contributed by atoms with Crippen molar-refractivity contribution in [1.29, 1.82) is 0 Å². The first-order valence-electron chi connectivity index (χ1n) is 11.8. The topological polar surface area (TPSA) is 34.2 Å². The minimum atomic E-state index is -1.25. The Morgan fingerprint density at radius 3 is 1.87 bits per heavy atom. The third-order valence-corrected chi connectivity index (χ3v) is 8.31. The molecule has 31 heavy (non-hydrogen) atoms. The van der Waals surface area contributed by atoms with Gasteiger partial charge >= 0.3 is 7.19 Å². The van der Waals surface area contributed by atoms with Crippen LogP contribution in [-0.4, -0.2) is 43.4 Å². The molecular formula is C24H42BN2O3P. The molecule has 2 aliphatic rings. The molecule has 0 N–H and O–H groups in total. The maximum absolute atomic E-state index is 6.37. The number of hydrogen-bond donors (Lipinski definition) is 0. The van der Waals surface area contributed by atoms with Crippen molar-refractivity contribution >= 4 is 21.4 Å². The van der Waals surface area contributed by atoms with Gasteiger partial charge in [0.1, 0.15) is 0 Å². The van der Waals surface area contributed by atoms with Crippen molar-refractivity contribution < 1.29 is 13.7 Å². The SMILES string of the molecule is COB(N(c1c(C(C)C)cccc1C(C)C)P1OCCO1)N1C(C)(C)CCCC1(C)C. The molecule has 2 saturated heterocycles. The molecule has 0 atom stereocenters. The second-order valence-electron chi connectivity index (χ2n) is 10.8. The molecule has 0 spiro atoms. The van der Waals surface area contributed by atoms with E-state index >= 15 is 0 Å². The van der Waals surface area contributed by atoms with Crippen molar-refractivity contribution in [2.24, 2.45) is 0 Å². The predicted octanol–water partition coefficient (Wildman–Crippen LogP) is 6.69. The molecule has 0 bridgehead atoms. The molecule has 0 aliphatic carbocycles. The van der Waals surface area contributed by atoms with Gasteiger partial charge in [-0.3, -0.25) is 4.81 Å². The summed E-state index contributed by atoms with van der Waals surface area (Å²) in [6.45, 7) is 19.7. The lowest BCUT2D eigenvalue weighted by Gasteiger charge is -2.56. The average molecular weight is 448 g/mol. The molecule has 1 aromatic rings. The number of hydrogen-bond acceptors (Lipinski definition) is 5. The average Bonchev–Trinajstić information content (AvgIpc) is 3.19. The number of anilines is 1. The van der Waals surface area contributed by atoms with Gasteiger partial charge in [0.05, 0.1) is 13.2 Å². The van der Waals surface area contributed by atoms with E-state index in [4.69, 9.17) is 13.7 Å². The normalized spacial score (nSPS) is 21.8. The predicted molar refractivity (Wildman–Crippen MR) is 133 cm³/mol. The maximum Gasteiger partial charge on any atom is 0.521 e. The summed E-state index contributed by atoms with van der Waals surface area (Å²) in [5.41, 5.74) is 3.87.